The summed E-state index contributed by atoms with van der Waals surface area (Å²) in [6.45, 7) is 14.2. The van der Waals surface area contributed by atoms with Crippen LogP contribution in [0.5, 0.6) is 0 Å². The van der Waals surface area contributed by atoms with E-state index in [0.29, 0.717) is 25.2 Å². The van der Waals surface area contributed by atoms with Gasteiger partial charge in [-0.2, -0.15) is 0 Å². The Morgan fingerprint density at radius 1 is 0.935 bits per heavy atom. The number of hydrogen-bond donors (Lipinski definition) is 0. The molecule has 0 aliphatic carbocycles. The number of fused-ring (bicyclic) bond motifs is 4. The molecule has 11 nitrogen and oxygen atoms in total. The van der Waals surface area contributed by atoms with Crippen LogP contribution in [0.1, 0.15) is 182 Å². The van der Waals surface area contributed by atoms with Crippen LogP contribution in [0.2, 0.25) is 0 Å². The lowest BCUT2D eigenvalue weighted by Crippen LogP contribution is -2.43. The van der Waals surface area contributed by atoms with Crippen molar-refractivity contribution in [1.82, 2.24) is 4.98 Å². The first-order valence-electron chi connectivity index (χ1n) is 24.2. The molecule has 0 aromatic carbocycles. The zero-order valence-corrected chi connectivity index (χ0v) is 39.3. The number of carbonyl (C=O) groups is 3. The summed E-state index contributed by atoms with van der Waals surface area (Å²) in [5, 5.41) is 0. The molecule has 0 N–H and O–H groups in total. The van der Waals surface area contributed by atoms with Gasteiger partial charge in [-0.15, -0.1) is 0 Å². The third kappa shape index (κ3) is 15.5. The maximum absolute atomic E-state index is 13.9. The summed E-state index contributed by atoms with van der Waals surface area (Å²) in [4.78, 5) is 44.6. The highest BCUT2D eigenvalue weighted by atomic mass is 16.7. The Balaban J connectivity index is 1.26. The van der Waals surface area contributed by atoms with Crippen LogP contribution < -0.4 is 0 Å². The van der Waals surface area contributed by atoms with Gasteiger partial charge in [-0.25, -0.2) is 9.78 Å². The molecule has 4 fully saturated rings. The molecule has 5 rings (SSSR count). The van der Waals surface area contributed by atoms with E-state index in [2.05, 4.69) is 18.8 Å². The quantitative estimate of drug-likeness (QED) is 0.0362. The summed E-state index contributed by atoms with van der Waals surface area (Å²) in [5.41, 5.74) is 1.94. The predicted octanol–water partition coefficient (Wildman–Crippen LogP) is 11.3. The number of ether oxygens (including phenoxy) is 6. The van der Waals surface area contributed by atoms with E-state index >= 15 is 0 Å². The first-order chi connectivity index (χ1) is 29.8. The summed E-state index contributed by atoms with van der Waals surface area (Å²) in [7, 11) is 1.66. The van der Waals surface area contributed by atoms with Gasteiger partial charge < -0.3 is 32.8 Å². The van der Waals surface area contributed by atoms with Crippen LogP contribution in [-0.2, 0) is 42.8 Å². The van der Waals surface area contributed by atoms with Crippen molar-refractivity contribution < 1.29 is 47.2 Å². The minimum absolute atomic E-state index is 0.0764. The van der Waals surface area contributed by atoms with Gasteiger partial charge in [-0.1, -0.05) is 116 Å². The lowest BCUT2D eigenvalue weighted by molar-refractivity contribution is -0.164. The number of carbonyl (C=O) groups excluding carboxylic acids is 3. The van der Waals surface area contributed by atoms with Crippen molar-refractivity contribution >= 4 is 24.0 Å². The second-order valence-electron chi connectivity index (χ2n) is 19.2. The standard InChI is InChI=1S/C51H79NO10/c1-9-10-11-12-13-14-15-16-17-18-19-20-21-25-46(53)61-45-32-42(37(5)48(56-8)36(4)24-22-23-34(2)28-40-33-57-38(6)52-40)60-50(55)49-43(59-49)30-39-29-41(58-47(54)31-39)35(3)26-27-44-51(45,7)62-44/h22-24,28,33,35,37,39,41-45,48-49H,9-21,25-27,29-32H2,1-8H3/b23-22+,34-28+,36-24+. The highest BCUT2D eigenvalue weighted by molar-refractivity contribution is 5.78. The maximum Gasteiger partial charge on any atom is 0.338 e. The van der Waals surface area contributed by atoms with Gasteiger partial charge in [0.05, 0.1) is 18.3 Å². The molecule has 0 radical (unpaired) electrons. The van der Waals surface area contributed by atoms with Crippen LogP contribution in [0.25, 0.3) is 6.08 Å². The molecule has 11 heteroatoms. The smallest absolute Gasteiger partial charge is 0.338 e. The van der Waals surface area contributed by atoms with E-state index in [4.69, 9.17) is 32.8 Å². The molecule has 62 heavy (non-hydrogen) atoms. The number of methoxy groups -OCH3 is 1. The molecule has 4 aliphatic heterocycles. The van der Waals surface area contributed by atoms with Crippen molar-refractivity contribution in [3.05, 3.63) is 47.2 Å². The highest BCUT2D eigenvalue weighted by Crippen LogP contribution is 2.47. The number of aryl methyl sites for hydroxylation is 1. The average Bonchev–Trinajstić information content (AvgIpc) is 4.11. The number of allylic oxidation sites excluding steroid dienone is 4. The van der Waals surface area contributed by atoms with Crippen LogP contribution in [0.3, 0.4) is 0 Å². The largest absolute Gasteiger partial charge is 0.462 e. The fraction of sp³-hybridized carbons (Fsp3) is 0.765. The summed E-state index contributed by atoms with van der Waals surface area (Å²) >= 11 is 0. The van der Waals surface area contributed by atoms with Gasteiger partial charge in [-0.3, -0.25) is 9.59 Å². The molecule has 348 valence electrons. The first-order valence-corrected chi connectivity index (χ1v) is 24.2. The number of esters is 3. The molecular formula is C51H79NO10. The van der Waals surface area contributed by atoms with Gasteiger partial charge in [0.1, 0.15) is 35.9 Å². The minimum atomic E-state index is -0.764. The van der Waals surface area contributed by atoms with E-state index in [9.17, 15) is 14.4 Å². The number of hydrogen-bond acceptors (Lipinski definition) is 11. The zero-order chi connectivity index (χ0) is 44.6. The number of unbranched alkanes of at least 4 members (excludes halogenated alkanes) is 12. The van der Waals surface area contributed by atoms with E-state index in [-0.39, 0.29) is 54.4 Å². The minimum Gasteiger partial charge on any atom is -0.462 e. The molecule has 0 saturated carbocycles. The summed E-state index contributed by atoms with van der Waals surface area (Å²) in [6, 6.07) is 0. The van der Waals surface area contributed by atoms with Gasteiger partial charge in [0.2, 0.25) is 0 Å². The number of aromatic nitrogens is 1. The second-order valence-corrected chi connectivity index (χ2v) is 19.2. The number of rotatable bonds is 22. The fourth-order valence-electron chi connectivity index (χ4n) is 9.69. The number of cyclic esters (lactones) is 1. The lowest BCUT2D eigenvalue weighted by Gasteiger charge is -2.34. The van der Waals surface area contributed by atoms with Gasteiger partial charge in [0.15, 0.2) is 12.0 Å². The van der Waals surface area contributed by atoms with Gasteiger partial charge in [-0.05, 0) is 81.9 Å². The van der Waals surface area contributed by atoms with Gasteiger partial charge in [0, 0.05) is 39.2 Å². The predicted molar refractivity (Wildman–Crippen MR) is 240 cm³/mol. The third-order valence-corrected chi connectivity index (χ3v) is 13.8. The molecule has 4 saturated heterocycles. The molecule has 1 aromatic rings. The normalized spacial score (nSPS) is 30.5. The molecule has 0 spiro atoms. The Hall–Kier alpha value is -3.28. The summed E-state index contributed by atoms with van der Waals surface area (Å²) in [6.07, 6.45) is 26.2. The average molecular weight is 866 g/mol. The molecular weight excluding hydrogens is 787 g/mol. The first kappa shape index (κ1) is 49.7. The molecule has 0 amide bonds. The van der Waals surface area contributed by atoms with E-state index in [1.54, 1.807) is 13.4 Å². The van der Waals surface area contributed by atoms with Gasteiger partial charge >= 0.3 is 17.9 Å². The van der Waals surface area contributed by atoms with Gasteiger partial charge in [0.25, 0.3) is 0 Å². The SMILES string of the molecule is CCCCCCCCCCCCCCCC(=O)OC1CC(C(C)C(OC)/C(C)=C/C=C/C(C)=C/c2coc(C)n2)OC(=O)C2OC2CC2CC(=O)OC(C2)C(C)CCC2OC12C. The van der Waals surface area contributed by atoms with Crippen LogP contribution in [0.4, 0.5) is 0 Å². The fourth-order valence-corrected chi connectivity index (χ4v) is 9.69. The van der Waals surface area contributed by atoms with Crippen LogP contribution in [0, 0.1) is 24.7 Å². The van der Waals surface area contributed by atoms with Crippen LogP contribution >= 0.6 is 0 Å². The van der Waals surface area contributed by atoms with Crippen molar-refractivity contribution in [2.24, 2.45) is 17.8 Å². The number of epoxide rings is 2. The van der Waals surface area contributed by atoms with Crippen molar-refractivity contribution in [1.29, 1.82) is 0 Å². The summed E-state index contributed by atoms with van der Waals surface area (Å²) in [5.74, 6) is -0.404. The van der Waals surface area contributed by atoms with Crippen molar-refractivity contribution in [2.75, 3.05) is 7.11 Å². The Morgan fingerprint density at radius 3 is 2.24 bits per heavy atom. The highest BCUT2D eigenvalue weighted by Gasteiger charge is 2.60. The zero-order valence-electron chi connectivity index (χ0n) is 39.3. The van der Waals surface area contributed by atoms with Crippen molar-refractivity contribution in [2.45, 2.75) is 225 Å². The summed E-state index contributed by atoms with van der Waals surface area (Å²) < 4.78 is 42.5. The Kier molecular flexibility index (Phi) is 19.8. The topological polar surface area (TPSA) is 139 Å². The molecule has 5 heterocycles. The van der Waals surface area contributed by atoms with Crippen LogP contribution in [0.15, 0.2) is 40.1 Å². The van der Waals surface area contributed by atoms with Crippen molar-refractivity contribution in [3.8, 4) is 0 Å². The maximum atomic E-state index is 13.9. The number of nitrogens with zero attached hydrogens (tertiary/aromatic N) is 1. The van der Waals surface area contributed by atoms with Crippen LogP contribution in [-0.4, -0.2) is 78.3 Å². The number of oxazole rings is 1. The van der Waals surface area contributed by atoms with E-state index in [1.807, 2.05) is 58.9 Å². The molecule has 1 aromatic heterocycles. The molecule has 11 unspecified atom stereocenters. The molecule has 11 atom stereocenters. The van der Waals surface area contributed by atoms with E-state index < -0.39 is 36.0 Å². The van der Waals surface area contributed by atoms with E-state index in [1.165, 1.54) is 64.2 Å². The second kappa shape index (κ2) is 24.7. The Morgan fingerprint density at radius 2 is 1.60 bits per heavy atom. The monoisotopic (exact) mass is 866 g/mol. The molecule has 4 aliphatic rings. The van der Waals surface area contributed by atoms with E-state index in [0.717, 1.165) is 55.4 Å². The Bertz CT molecular complexity index is 1660. The third-order valence-electron chi connectivity index (χ3n) is 13.8. The molecule has 2 bridgehead atoms. The Labute approximate surface area is 372 Å². The lowest BCUT2D eigenvalue weighted by atomic mass is 9.82. The van der Waals surface area contributed by atoms with Crippen molar-refractivity contribution in [3.63, 3.8) is 0 Å².